The molecule has 0 aliphatic carbocycles. The zero-order valence-electron chi connectivity index (χ0n) is 20.2. The molecule has 0 unspecified atom stereocenters. The standard InChI is InChI=1S/C27H30N4O4/c1-28-26(32)20-9-6-8-19(16-20)23-17-31(15-14-30(23)2)27(33)22-11-7-12-24(34-3)25(22)35-18-21-10-4-5-13-29-21/h4-13,16,23H,14-15,17-18H2,1-3H3,(H,28,32)/t23-/m1/s1. The number of benzene rings is 2. The van der Waals surface area contributed by atoms with Crippen LogP contribution < -0.4 is 14.8 Å². The minimum atomic E-state index is -0.135. The first-order chi connectivity index (χ1) is 17.0. The second-order valence-corrected chi connectivity index (χ2v) is 8.40. The van der Waals surface area contributed by atoms with Crippen LogP contribution in [0.15, 0.2) is 66.9 Å². The Morgan fingerprint density at radius 3 is 2.66 bits per heavy atom. The van der Waals surface area contributed by atoms with Crippen LogP contribution in [-0.2, 0) is 6.61 Å². The Labute approximate surface area is 205 Å². The zero-order valence-corrected chi connectivity index (χ0v) is 20.2. The highest BCUT2D eigenvalue weighted by Gasteiger charge is 2.31. The highest BCUT2D eigenvalue weighted by Crippen LogP contribution is 2.34. The van der Waals surface area contributed by atoms with Crippen molar-refractivity contribution in [1.82, 2.24) is 20.1 Å². The van der Waals surface area contributed by atoms with E-state index in [4.69, 9.17) is 9.47 Å². The predicted octanol–water partition coefficient (Wildman–Crippen LogP) is 3.16. The molecule has 0 radical (unpaired) electrons. The number of carbonyl (C=O) groups is 2. The highest BCUT2D eigenvalue weighted by atomic mass is 16.5. The van der Waals surface area contributed by atoms with E-state index in [-0.39, 0.29) is 24.5 Å². The molecule has 1 N–H and O–H groups in total. The lowest BCUT2D eigenvalue weighted by atomic mass is 9.99. The number of rotatable bonds is 7. The van der Waals surface area contributed by atoms with Crippen LogP contribution >= 0.6 is 0 Å². The number of carbonyl (C=O) groups excluding carboxylic acids is 2. The third-order valence-electron chi connectivity index (χ3n) is 6.22. The molecule has 1 aliphatic rings. The smallest absolute Gasteiger partial charge is 0.257 e. The summed E-state index contributed by atoms with van der Waals surface area (Å²) in [5, 5.41) is 2.66. The molecule has 3 aromatic rings. The first kappa shape index (κ1) is 24.2. The Morgan fingerprint density at radius 1 is 1.09 bits per heavy atom. The number of hydrogen-bond donors (Lipinski definition) is 1. The van der Waals surface area contributed by atoms with E-state index in [0.29, 0.717) is 42.3 Å². The van der Waals surface area contributed by atoms with Crippen LogP contribution in [0.1, 0.15) is 38.0 Å². The van der Waals surface area contributed by atoms with Crippen molar-refractivity contribution in [1.29, 1.82) is 0 Å². The highest BCUT2D eigenvalue weighted by molar-refractivity contribution is 5.98. The van der Waals surface area contributed by atoms with E-state index in [2.05, 4.69) is 15.2 Å². The molecule has 0 bridgehead atoms. The first-order valence-electron chi connectivity index (χ1n) is 11.5. The second-order valence-electron chi connectivity index (χ2n) is 8.40. The minimum absolute atomic E-state index is 0.0409. The summed E-state index contributed by atoms with van der Waals surface area (Å²) in [6, 6.07) is 18.4. The molecule has 2 heterocycles. The lowest BCUT2D eigenvalue weighted by molar-refractivity contribution is 0.0540. The number of amides is 2. The van der Waals surface area contributed by atoms with Crippen LogP contribution in [0.3, 0.4) is 0 Å². The summed E-state index contributed by atoms with van der Waals surface area (Å²) >= 11 is 0. The number of pyridine rings is 1. The van der Waals surface area contributed by atoms with Crippen LogP contribution in [0.5, 0.6) is 11.5 Å². The van der Waals surface area contributed by atoms with Gasteiger partial charge in [-0.3, -0.25) is 19.5 Å². The van der Waals surface area contributed by atoms with Crippen LogP contribution in [0.4, 0.5) is 0 Å². The molecule has 2 amide bonds. The third-order valence-corrected chi connectivity index (χ3v) is 6.22. The average molecular weight is 475 g/mol. The molecular weight excluding hydrogens is 444 g/mol. The summed E-state index contributed by atoms with van der Waals surface area (Å²) in [5.74, 6) is 0.642. The fourth-order valence-corrected chi connectivity index (χ4v) is 4.24. The lowest BCUT2D eigenvalue weighted by Gasteiger charge is -2.40. The first-order valence-corrected chi connectivity index (χ1v) is 11.5. The van der Waals surface area contributed by atoms with Gasteiger partial charge >= 0.3 is 0 Å². The van der Waals surface area contributed by atoms with Crippen molar-refractivity contribution in [3.63, 3.8) is 0 Å². The predicted molar refractivity (Wildman–Crippen MR) is 133 cm³/mol. The van der Waals surface area contributed by atoms with Gasteiger partial charge in [0, 0.05) is 38.4 Å². The molecule has 1 saturated heterocycles. The molecule has 8 heteroatoms. The van der Waals surface area contributed by atoms with Crippen molar-refractivity contribution in [2.24, 2.45) is 0 Å². The molecule has 0 saturated carbocycles. The van der Waals surface area contributed by atoms with Crippen molar-refractivity contribution in [2.45, 2.75) is 12.6 Å². The maximum absolute atomic E-state index is 13.7. The van der Waals surface area contributed by atoms with Gasteiger partial charge in [0.1, 0.15) is 6.61 Å². The Hall–Kier alpha value is -3.91. The fraction of sp³-hybridized carbons (Fsp3) is 0.296. The molecular formula is C27H30N4O4. The topological polar surface area (TPSA) is 84.0 Å². The number of nitrogens with zero attached hydrogens (tertiary/aromatic N) is 3. The number of piperazine rings is 1. The van der Waals surface area contributed by atoms with Gasteiger partial charge in [0.05, 0.1) is 24.4 Å². The van der Waals surface area contributed by atoms with Gasteiger partial charge in [-0.25, -0.2) is 0 Å². The van der Waals surface area contributed by atoms with Crippen LogP contribution in [-0.4, -0.2) is 67.4 Å². The number of hydrogen-bond acceptors (Lipinski definition) is 6. The maximum atomic E-state index is 13.7. The molecule has 1 aliphatic heterocycles. The largest absolute Gasteiger partial charge is 0.493 e. The van der Waals surface area contributed by atoms with Gasteiger partial charge in [-0.05, 0) is 49.0 Å². The zero-order chi connectivity index (χ0) is 24.8. The van der Waals surface area contributed by atoms with E-state index in [0.717, 1.165) is 11.3 Å². The molecule has 1 atom stereocenters. The van der Waals surface area contributed by atoms with E-state index < -0.39 is 0 Å². The molecule has 1 fully saturated rings. The van der Waals surface area contributed by atoms with Gasteiger partial charge in [0.2, 0.25) is 0 Å². The molecule has 35 heavy (non-hydrogen) atoms. The molecule has 2 aromatic carbocycles. The maximum Gasteiger partial charge on any atom is 0.257 e. The summed E-state index contributed by atoms with van der Waals surface area (Å²) in [4.78, 5) is 34.2. The number of aromatic nitrogens is 1. The molecule has 4 rings (SSSR count). The quantitative estimate of drug-likeness (QED) is 0.566. The van der Waals surface area contributed by atoms with E-state index in [9.17, 15) is 9.59 Å². The number of methoxy groups -OCH3 is 1. The monoisotopic (exact) mass is 474 g/mol. The van der Waals surface area contributed by atoms with Gasteiger partial charge in [-0.15, -0.1) is 0 Å². The third kappa shape index (κ3) is 5.44. The fourth-order valence-electron chi connectivity index (χ4n) is 4.24. The van der Waals surface area contributed by atoms with Crippen molar-refractivity contribution >= 4 is 11.8 Å². The summed E-state index contributed by atoms with van der Waals surface area (Å²) < 4.78 is 11.6. The van der Waals surface area contributed by atoms with Crippen molar-refractivity contribution in [3.05, 3.63) is 89.2 Å². The normalized spacial score (nSPS) is 16.0. The molecule has 8 nitrogen and oxygen atoms in total. The van der Waals surface area contributed by atoms with Gasteiger partial charge in [0.15, 0.2) is 11.5 Å². The minimum Gasteiger partial charge on any atom is -0.493 e. The van der Waals surface area contributed by atoms with Crippen molar-refractivity contribution in [2.75, 3.05) is 40.8 Å². The Kier molecular flexibility index (Phi) is 7.62. The molecule has 0 spiro atoms. The Morgan fingerprint density at radius 2 is 1.91 bits per heavy atom. The van der Waals surface area contributed by atoms with Gasteiger partial charge in [0.25, 0.3) is 11.8 Å². The van der Waals surface area contributed by atoms with Crippen molar-refractivity contribution in [3.8, 4) is 11.5 Å². The average Bonchev–Trinajstić information content (AvgIpc) is 2.91. The van der Waals surface area contributed by atoms with Crippen LogP contribution in [0.25, 0.3) is 0 Å². The number of likely N-dealkylation sites (N-methyl/N-ethyl adjacent to an activating group) is 1. The van der Waals surface area contributed by atoms with Crippen LogP contribution in [0, 0.1) is 0 Å². The van der Waals surface area contributed by atoms with E-state index in [1.54, 1.807) is 44.6 Å². The summed E-state index contributed by atoms with van der Waals surface area (Å²) in [6.45, 7) is 2.00. The number of ether oxygens (including phenoxy) is 2. The summed E-state index contributed by atoms with van der Waals surface area (Å²) in [6.07, 6.45) is 1.70. The van der Waals surface area contributed by atoms with E-state index >= 15 is 0 Å². The van der Waals surface area contributed by atoms with Crippen molar-refractivity contribution < 1.29 is 19.1 Å². The SMILES string of the molecule is CNC(=O)c1cccc([C@H]2CN(C(=O)c3cccc(OC)c3OCc3ccccn3)CCN2C)c1. The summed E-state index contributed by atoms with van der Waals surface area (Å²) in [5.41, 5.74) is 2.79. The molecule has 182 valence electrons. The van der Waals surface area contributed by atoms with Gasteiger partial charge in [-0.1, -0.05) is 24.3 Å². The van der Waals surface area contributed by atoms with Gasteiger partial charge in [-0.2, -0.15) is 0 Å². The van der Waals surface area contributed by atoms with Gasteiger partial charge < -0.3 is 19.7 Å². The second kappa shape index (κ2) is 11.0. The molecule has 1 aromatic heterocycles. The number of nitrogens with one attached hydrogen (secondary N) is 1. The van der Waals surface area contributed by atoms with E-state index in [1.165, 1.54) is 0 Å². The van der Waals surface area contributed by atoms with E-state index in [1.807, 2.05) is 48.3 Å². The Balaban J connectivity index is 1.58. The Bertz CT molecular complexity index is 1180. The summed E-state index contributed by atoms with van der Waals surface area (Å²) in [7, 11) is 5.21. The lowest BCUT2D eigenvalue weighted by Crippen LogP contribution is -2.49. The van der Waals surface area contributed by atoms with Crippen LogP contribution in [0.2, 0.25) is 0 Å². The number of para-hydroxylation sites is 1.